The molecule has 0 fully saturated rings. The molecule has 0 aliphatic carbocycles. The average molecular weight is 396 g/mol. The van der Waals surface area contributed by atoms with Crippen molar-refractivity contribution in [3.63, 3.8) is 0 Å². The summed E-state index contributed by atoms with van der Waals surface area (Å²) in [7, 11) is 1.92. The van der Waals surface area contributed by atoms with Crippen LogP contribution in [0.15, 0.2) is 30.3 Å². The van der Waals surface area contributed by atoms with E-state index in [0.717, 1.165) is 33.4 Å². The Morgan fingerprint density at radius 1 is 1.21 bits per heavy atom. The van der Waals surface area contributed by atoms with Gasteiger partial charge >= 0.3 is 0 Å². The molecule has 3 aromatic heterocycles. The molecule has 0 unspecified atom stereocenters. The summed E-state index contributed by atoms with van der Waals surface area (Å²) in [6.45, 7) is 0.138. The molecule has 5 rings (SSSR count). The van der Waals surface area contributed by atoms with Crippen LogP contribution in [-0.4, -0.2) is 48.9 Å². The highest BCUT2D eigenvalue weighted by Crippen LogP contribution is 2.31. The minimum Gasteiger partial charge on any atom is -0.340 e. The lowest BCUT2D eigenvalue weighted by Gasteiger charge is -2.26. The Bertz CT molecular complexity index is 1220. The highest BCUT2D eigenvalue weighted by molar-refractivity contribution is 7.00. The number of aryl methyl sites for hydroxylation is 1. The van der Waals surface area contributed by atoms with Crippen molar-refractivity contribution in [2.24, 2.45) is 7.05 Å². The molecule has 1 amide bonds. The van der Waals surface area contributed by atoms with Crippen molar-refractivity contribution >= 4 is 51.2 Å². The van der Waals surface area contributed by atoms with E-state index >= 15 is 0 Å². The number of fused-ring (bicyclic) bond motifs is 4. The maximum absolute atomic E-state index is 12.8. The fraction of sp³-hybridized carbons (Fsp3) is 0.263. The summed E-state index contributed by atoms with van der Waals surface area (Å²) in [6.07, 6.45) is 0.699. The summed E-state index contributed by atoms with van der Waals surface area (Å²) in [6, 6.07) is 9.54. The molecule has 0 radical (unpaired) electrons. The van der Waals surface area contributed by atoms with Crippen LogP contribution in [0.25, 0.3) is 22.1 Å². The van der Waals surface area contributed by atoms with E-state index < -0.39 is 6.67 Å². The zero-order valence-electron chi connectivity index (χ0n) is 15.1. The number of anilines is 2. The maximum atomic E-state index is 12.8. The first kappa shape index (κ1) is 17.1. The number of pyridine rings is 1. The fourth-order valence-corrected chi connectivity index (χ4v) is 4.29. The molecule has 1 aliphatic heterocycles. The van der Waals surface area contributed by atoms with Gasteiger partial charge in [0.1, 0.15) is 29.2 Å². The van der Waals surface area contributed by atoms with Gasteiger partial charge in [-0.15, -0.1) is 0 Å². The summed E-state index contributed by atoms with van der Waals surface area (Å²) in [4.78, 5) is 19.1. The van der Waals surface area contributed by atoms with Crippen LogP contribution in [-0.2, 0) is 13.5 Å². The third-order valence-corrected chi connectivity index (χ3v) is 5.71. The highest BCUT2D eigenvalue weighted by atomic mass is 32.1. The lowest BCUT2D eigenvalue weighted by molar-refractivity contribution is 0.0729. The summed E-state index contributed by atoms with van der Waals surface area (Å²) < 4.78 is 23.2. The molecule has 28 heavy (non-hydrogen) atoms. The van der Waals surface area contributed by atoms with Gasteiger partial charge in [0.2, 0.25) is 0 Å². The van der Waals surface area contributed by atoms with Crippen molar-refractivity contribution in [3.8, 4) is 0 Å². The molecular weight excluding hydrogens is 379 g/mol. The Balaban J connectivity index is 1.53. The van der Waals surface area contributed by atoms with Crippen LogP contribution < -0.4 is 5.32 Å². The van der Waals surface area contributed by atoms with E-state index in [0.29, 0.717) is 24.3 Å². The first-order valence-electron chi connectivity index (χ1n) is 8.98. The van der Waals surface area contributed by atoms with Gasteiger partial charge in [-0.1, -0.05) is 0 Å². The normalized spacial score (nSPS) is 14.1. The van der Waals surface area contributed by atoms with E-state index in [1.54, 1.807) is 4.90 Å². The van der Waals surface area contributed by atoms with E-state index in [1.165, 1.54) is 11.7 Å². The number of hydrogen-bond donors (Lipinski definition) is 1. The number of benzene rings is 1. The number of rotatable bonds is 4. The molecule has 4 heterocycles. The molecule has 7 nitrogen and oxygen atoms in total. The van der Waals surface area contributed by atoms with Crippen molar-refractivity contribution < 1.29 is 9.18 Å². The predicted molar refractivity (Wildman–Crippen MR) is 107 cm³/mol. The molecule has 1 aromatic carbocycles. The Labute approximate surface area is 164 Å². The Kier molecular flexibility index (Phi) is 3.97. The third-order valence-electron chi connectivity index (χ3n) is 5.16. The quantitative estimate of drug-likeness (QED) is 0.573. The van der Waals surface area contributed by atoms with Crippen LogP contribution in [0, 0.1) is 0 Å². The number of amides is 1. The van der Waals surface area contributed by atoms with Gasteiger partial charge in [-0.25, -0.2) is 9.37 Å². The van der Waals surface area contributed by atoms with Gasteiger partial charge < -0.3 is 14.8 Å². The second-order valence-corrected chi connectivity index (χ2v) is 7.30. The molecule has 4 aromatic rings. The fourth-order valence-electron chi connectivity index (χ4n) is 3.77. The molecule has 0 atom stereocenters. The zero-order valence-corrected chi connectivity index (χ0v) is 16.0. The molecule has 0 bridgehead atoms. The summed E-state index contributed by atoms with van der Waals surface area (Å²) in [5.74, 6) is 0.564. The average Bonchev–Trinajstić information content (AvgIpc) is 3.27. The van der Waals surface area contributed by atoms with Gasteiger partial charge in [-0.3, -0.25) is 4.79 Å². The van der Waals surface area contributed by atoms with E-state index in [-0.39, 0.29) is 12.5 Å². The van der Waals surface area contributed by atoms with E-state index in [9.17, 15) is 9.18 Å². The molecule has 9 heteroatoms. The van der Waals surface area contributed by atoms with E-state index in [2.05, 4.69) is 14.1 Å². The molecule has 142 valence electrons. The second-order valence-electron chi connectivity index (χ2n) is 6.77. The topological polar surface area (TPSA) is 75.9 Å². The first-order valence-corrected chi connectivity index (χ1v) is 9.71. The molecular formula is C19H17FN6OS. The molecule has 1 N–H and O–H groups in total. The third kappa shape index (κ3) is 2.62. The minimum absolute atomic E-state index is 0.117. The number of halogens is 1. The van der Waals surface area contributed by atoms with Gasteiger partial charge in [0.25, 0.3) is 5.91 Å². The summed E-state index contributed by atoms with van der Waals surface area (Å²) >= 11 is 1.18. The number of carbonyl (C=O) groups is 1. The number of nitrogens with one attached hydrogen (secondary N) is 1. The second kappa shape index (κ2) is 6.52. The van der Waals surface area contributed by atoms with Gasteiger partial charge in [0.05, 0.1) is 17.3 Å². The van der Waals surface area contributed by atoms with Crippen LogP contribution in [0.5, 0.6) is 0 Å². The van der Waals surface area contributed by atoms with Crippen molar-refractivity contribution in [1.82, 2.24) is 23.2 Å². The Morgan fingerprint density at radius 2 is 2.07 bits per heavy atom. The largest absolute Gasteiger partial charge is 0.340 e. The Hall–Kier alpha value is -3.07. The molecule has 0 spiro atoms. The monoisotopic (exact) mass is 396 g/mol. The SMILES string of the molecule is Cn1c2c(c3ccc(Nc4ccc5nsnc5c4)nc31)C(=O)N(CCF)CC2. The smallest absolute Gasteiger partial charge is 0.256 e. The van der Waals surface area contributed by atoms with Gasteiger partial charge in [-0.2, -0.15) is 8.75 Å². The van der Waals surface area contributed by atoms with Gasteiger partial charge in [-0.05, 0) is 30.3 Å². The van der Waals surface area contributed by atoms with Crippen LogP contribution >= 0.6 is 11.7 Å². The van der Waals surface area contributed by atoms with Crippen molar-refractivity contribution in [2.75, 3.05) is 25.1 Å². The maximum Gasteiger partial charge on any atom is 0.256 e. The summed E-state index contributed by atoms with van der Waals surface area (Å²) in [5, 5.41) is 4.09. The number of nitrogens with zero attached hydrogens (tertiary/aromatic N) is 5. The number of carbonyl (C=O) groups excluding carboxylic acids is 1. The van der Waals surface area contributed by atoms with Crippen LogP contribution in [0.3, 0.4) is 0 Å². The Morgan fingerprint density at radius 3 is 2.93 bits per heavy atom. The van der Waals surface area contributed by atoms with Crippen LogP contribution in [0.4, 0.5) is 15.9 Å². The van der Waals surface area contributed by atoms with Gasteiger partial charge in [0, 0.05) is 43.3 Å². The van der Waals surface area contributed by atoms with E-state index in [4.69, 9.17) is 4.98 Å². The van der Waals surface area contributed by atoms with Gasteiger partial charge in [0.15, 0.2) is 0 Å². The standard InChI is InChI=1S/C19H17FN6OS/c1-25-15-6-8-26(9-7-20)19(27)17(15)12-3-5-16(22-18(12)25)21-11-2-4-13-14(10-11)24-28-23-13/h2-5,10H,6-9H2,1H3,(H,21,22). The number of alkyl halides is 1. The predicted octanol–water partition coefficient (Wildman–Crippen LogP) is 3.29. The lowest BCUT2D eigenvalue weighted by atomic mass is 10.0. The minimum atomic E-state index is -0.531. The highest BCUT2D eigenvalue weighted by Gasteiger charge is 2.30. The van der Waals surface area contributed by atoms with Crippen molar-refractivity contribution in [3.05, 3.63) is 41.6 Å². The van der Waals surface area contributed by atoms with Crippen LogP contribution in [0.2, 0.25) is 0 Å². The number of hydrogen-bond acceptors (Lipinski definition) is 6. The lowest BCUT2D eigenvalue weighted by Crippen LogP contribution is -2.39. The zero-order chi connectivity index (χ0) is 19.3. The first-order chi connectivity index (χ1) is 13.7. The van der Waals surface area contributed by atoms with Crippen molar-refractivity contribution in [1.29, 1.82) is 0 Å². The van der Waals surface area contributed by atoms with Crippen molar-refractivity contribution in [2.45, 2.75) is 6.42 Å². The molecule has 1 aliphatic rings. The molecule has 0 saturated carbocycles. The summed E-state index contributed by atoms with van der Waals surface area (Å²) in [5.41, 5.74) is 4.91. The molecule has 0 saturated heterocycles. The number of aromatic nitrogens is 4. The van der Waals surface area contributed by atoms with E-state index in [1.807, 2.05) is 41.9 Å². The van der Waals surface area contributed by atoms with Crippen LogP contribution in [0.1, 0.15) is 16.1 Å².